The molecule has 144 valence electrons. The molecule has 2 atom stereocenters. The Hall–Kier alpha value is -1.76. The van der Waals surface area contributed by atoms with Crippen molar-refractivity contribution in [3.63, 3.8) is 0 Å². The Labute approximate surface area is 174 Å². The van der Waals surface area contributed by atoms with Crippen LogP contribution in [0.15, 0.2) is 42.5 Å². The molecule has 5 heteroatoms. The van der Waals surface area contributed by atoms with Crippen LogP contribution in [0.3, 0.4) is 0 Å². The molecule has 1 amide bonds. The largest absolute Gasteiger partial charge is 0.493 e. The van der Waals surface area contributed by atoms with Crippen molar-refractivity contribution < 1.29 is 14.3 Å². The van der Waals surface area contributed by atoms with E-state index in [-0.39, 0.29) is 11.9 Å². The van der Waals surface area contributed by atoms with Gasteiger partial charge in [0.05, 0.1) is 19.8 Å². The molecule has 0 radical (unpaired) electrons. The summed E-state index contributed by atoms with van der Waals surface area (Å²) in [5.41, 5.74) is 1.97. The molecule has 0 aromatic heterocycles. The molecule has 1 saturated carbocycles. The molecule has 2 aromatic carbocycles. The Morgan fingerprint density at radius 3 is 2.44 bits per heavy atom. The first-order valence-corrected chi connectivity index (χ1v) is 10.5. The summed E-state index contributed by atoms with van der Waals surface area (Å²) in [5, 5.41) is 3.30. The summed E-state index contributed by atoms with van der Waals surface area (Å²) in [6.07, 6.45) is 5.60. The van der Waals surface area contributed by atoms with Crippen molar-refractivity contribution in [2.75, 3.05) is 14.2 Å². The Morgan fingerprint density at radius 1 is 1.07 bits per heavy atom. The van der Waals surface area contributed by atoms with E-state index in [1.54, 1.807) is 20.3 Å². The van der Waals surface area contributed by atoms with Crippen molar-refractivity contribution in [2.24, 2.45) is 5.92 Å². The van der Waals surface area contributed by atoms with Gasteiger partial charge in [-0.3, -0.25) is 4.79 Å². The van der Waals surface area contributed by atoms with Gasteiger partial charge in [0.2, 0.25) is 0 Å². The second kappa shape index (κ2) is 9.44. The lowest BCUT2D eigenvalue weighted by Gasteiger charge is -2.32. The molecule has 1 aliphatic carbocycles. The summed E-state index contributed by atoms with van der Waals surface area (Å²) < 4.78 is 11.5. The van der Waals surface area contributed by atoms with Crippen LogP contribution in [0.1, 0.15) is 41.6 Å². The highest BCUT2D eigenvalue weighted by Crippen LogP contribution is 2.32. The van der Waals surface area contributed by atoms with Gasteiger partial charge in [-0.25, -0.2) is 0 Å². The molecule has 2 aromatic rings. The number of methoxy groups -OCH3 is 2. The fraction of sp³-hybridized carbons (Fsp3) is 0.409. The van der Waals surface area contributed by atoms with Crippen molar-refractivity contribution in [3.05, 3.63) is 57.2 Å². The Morgan fingerprint density at radius 2 is 1.74 bits per heavy atom. The van der Waals surface area contributed by atoms with Gasteiger partial charge in [0, 0.05) is 9.61 Å². The van der Waals surface area contributed by atoms with E-state index in [9.17, 15) is 4.79 Å². The molecular formula is C22H26INO3. The van der Waals surface area contributed by atoms with Gasteiger partial charge in [-0.1, -0.05) is 43.2 Å². The van der Waals surface area contributed by atoms with E-state index in [1.165, 1.54) is 18.4 Å². The lowest BCUT2D eigenvalue weighted by Crippen LogP contribution is -2.43. The molecule has 0 bridgehead atoms. The van der Waals surface area contributed by atoms with Crippen LogP contribution in [0.25, 0.3) is 0 Å². The van der Waals surface area contributed by atoms with Gasteiger partial charge >= 0.3 is 0 Å². The van der Waals surface area contributed by atoms with Crippen LogP contribution in [0.5, 0.6) is 11.5 Å². The SMILES string of the molecule is COc1cc(I)c(C(=O)NC2CCCCC2Cc2ccccc2)cc1OC. The predicted molar refractivity (Wildman–Crippen MR) is 116 cm³/mol. The van der Waals surface area contributed by atoms with Crippen LogP contribution in [-0.4, -0.2) is 26.2 Å². The highest BCUT2D eigenvalue weighted by atomic mass is 127. The molecule has 1 N–H and O–H groups in total. The van der Waals surface area contributed by atoms with Crippen LogP contribution in [0.2, 0.25) is 0 Å². The van der Waals surface area contributed by atoms with E-state index in [0.717, 1.165) is 22.8 Å². The molecule has 0 heterocycles. The average Bonchev–Trinajstić information content (AvgIpc) is 2.70. The standard InChI is InChI=1S/C22H26INO3/c1-26-20-13-17(18(23)14-21(20)27-2)22(25)24-19-11-7-6-10-16(19)12-15-8-4-3-5-9-15/h3-5,8-9,13-14,16,19H,6-7,10-12H2,1-2H3,(H,24,25). The van der Waals surface area contributed by atoms with Gasteiger partial charge in [-0.05, 0) is 65.5 Å². The minimum Gasteiger partial charge on any atom is -0.493 e. The average molecular weight is 479 g/mol. The van der Waals surface area contributed by atoms with Gasteiger partial charge in [-0.2, -0.15) is 0 Å². The molecular weight excluding hydrogens is 453 g/mol. The topological polar surface area (TPSA) is 47.6 Å². The van der Waals surface area contributed by atoms with Crippen LogP contribution in [0.4, 0.5) is 0 Å². The fourth-order valence-corrected chi connectivity index (χ4v) is 4.52. The van der Waals surface area contributed by atoms with Crippen LogP contribution >= 0.6 is 22.6 Å². The number of nitrogens with one attached hydrogen (secondary N) is 1. The van der Waals surface area contributed by atoms with Gasteiger partial charge in [0.15, 0.2) is 11.5 Å². The van der Waals surface area contributed by atoms with Gasteiger partial charge in [0.25, 0.3) is 5.91 Å². The first-order chi connectivity index (χ1) is 13.1. The molecule has 3 rings (SSSR count). The Balaban J connectivity index is 1.75. The number of amides is 1. The zero-order chi connectivity index (χ0) is 19.2. The highest BCUT2D eigenvalue weighted by molar-refractivity contribution is 14.1. The summed E-state index contributed by atoms with van der Waals surface area (Å²) in [5.74, 6) is 1.65. The highest BCUT2D eigenvalue weighted by Gasteiger charge is 2.28. The zero-order valence-electron chi connectivity index (χ0n) is 15.8. The van der Waals surface area contributed by atoms with E-state index in [0.29, 0.717) is 23.0 Å². The third kappa shape index (κ3) is 4.94. The first kappa shape index (κ1) is 20.0. The minimum atomic E-state index is -0.0367. The second-order valence-electron chi connectivity index (χ2n) is 7.00. The number of benzene rings is 2. The van der Waals surface area contributed by atoms with Crippen LogP contribution in [0, 0.1) is 9.49 Å². The number of ether oxygens (including phenoxy) is 2. The molecule has 1 aliphatic rings. The van der Waals surface area contributed by atoms with E-state index in [4.69, 9.17) is 9.47 Å². The van der Waals surface area contributed by atoms with Gasteiger partial charge < -0.3 is 14.8 Å². The molecule has 27 heavy (non-hydrogen) atoms. The predicted octanol–water partition coefficient (Wildman–Crippen LogP) is 4.84. The summed E-state index contributed by atoms with van der Waals surface area (Å²) in [6, 6.07) is 14.4. The molecule has 0 saturated heterocycles. The summed E-state index contributed by atoms with van der Waals surface area (Å²) in [7, 11) is 3.19. The summed E-state index contributed by atoms with van der Waals surface area (Å²) in [6.45, 7) is 0. The summed E-state index contributed by atoms with van der Waals surface area (Å²) in [4.78, 5) is 13.0. The van der Waals surface area contributed by atoms with E-state index < -0.39 is 0 Å². The van der Waals surface area contributed by atoms with Crippen molar-refractivity contribution >= 4 is 28.5 Å². The number of rotatable bonds is 6. The van der Waals surface area contributed by atoms with Crippen LogP contribution < -0.4 is 14.8 Å². The molecule has 0 spiro atoms. The number of carbonyl (C=O) groups is 1. The van der Waals surface area contributed by atoms with Crippen LogP contribution in [-0.2, 0) is 6.42 Å². The smallest absolute Gasteiger partial charge is 0.252 e. The monoisotopic (exact) mass is 479 g/mol. The molecule has 4 nitrogen and oxygen atoms in total. The van der Waals surface area contributed by atoms with E-state index in [1.807, 2.05) is 12.1 Å². The Bertz CT molecular complexity index is 779. The Kier molecular flexibility index (Phi) is 6.99. The maximum atomic E-state index is 13.0. The van der Waals surface area contributed by atoms with Crippen molar-refractivity contribution in [3.8, 4) is 11.5 Å². The normalized spacial score (nSPS) is 19.4. The van der Waals surface area contributed by atoms with Crippen molar-refractivity contribution in [1.29, 1.82) is 0 Å². The number of hydrogen-bond donors (Lipinski definition) is 1. The van der Waals surface area contributed by atoms with E-state index in [2.05, 4.69) is 52.2 Å². The maximum absolute atomic E-state index is 13.0. The van der Waals surface area contributed by atoms with Gasteiger partial charge in [0.1, 0.15) is 0 Å². The lowest BCUT2D eigenvalue weighted by molar-refractivity contribution is 0.0904. The number of hydrogen-bond acceptors (Lipinski definition) is 3. The molecule has 0 aliphatic heterocycles. The molecule has 1 fully saturated rings. The first-order valence-electron chi connectivity index (χ1n) is 9.38. The number of carbonyl (C=O) groups excluding carboxylic acids is 1. The zero-order valence-corrected chi connectivity index (χ0v) is 18.0. The maximum Gasteiger partial charge on any atom is 0.252 e. The third-order valence-electron chi connectivity index (χ3n) is 5.28. The summed E-state index contributed by atoms with van der Waals surface area (Å²) >= 11 is 2.18. The molecule has 2 unspecified atom stereocenters. The van der Waals surface area contributed by atoms with Crippen molar-refractivity contribution in [1.82, 2.24) is 5.32 Å². The van der Waals surface area contributed by atoms with E-state index >= 15 is 0 Å². The second-order valence-corrected chi connectivity index (χ2v) is 8.16. The lowest BCUT2D eigenvalue weighted by atomic mass is 9.80. The third-order valence-corrected chi connectivity index (χ3v) is 6.18. The van der Waals surface area contributed by atoms with Crippen molar-refractivity contribution in [2.45, 2.75) is 38.1 Å². The minimum absolute atomic E-state index is 0.0367. The quantitative estimate of drug-likeness (QED) is 0.604. The number of halogens is 1. The van der Waals surface area contributed by atoms with Gasteiger partial charge in [-0.15, -0.1) is 0 Å². The fourth-order valence-electron chi connectivity index (χ4n) is 3.83.